The van der Waals surface area contributed by atoms with Gasteiger partial charge in [0, 0.05) is 31.2 Å². The molecule has 1 unspecified atom stereocenters. The maximum absolute atomic E-state index is 6.26. The van der Waals surface area contributed by atoms with Gasteiger partial charge in [-0.15, -0.1) is 0 Å². The molecule has 0 radical (unpaired) electrons. The lowest BCUT2D eigenvalue weighted by Crippen LogP contribution is -2.17. The summed E-state index contributed by atoms with van der Waals surface area (Å²) >= 11 is 0. The zero-order valence-electron chi connectivity index (χ0n) is 19.8. The Kier molecular flexibility index (Phi) is 6.70. The van der Waals surface area contributed by atoms with Gasteiger partial charge in [-0.25, -0.2) is 14.6 Å². The van der Waals surface area contributed by atoms with Crippen LogP contribution in [-0.2, 0) is 6.42 Å². The van der Waals surface area contributed by atoms with Crippen molar-refractivity contribution in [1.29, 1.82) is 0 Å². The summed E-state index contributed by atoms with van der Waals surface area (Å²) in [6.45, 7) is 7.84. The van der Waals surface area contributed by atoms with Gasteiger partial charge in [0.1, 0.15) is 11.4 Å². The van der Waals surface area contributed by atoms with E-state index in [9.17, 15) is 0 Å². The third-order valence-corrected chi connectivity index (χ3v) is 5.78. The first kappa shape index (κ1) is 23.1. The lowest BCUT2D eigenvalue weighted by molar-refractivity contribution is 0.713. The molecule has 8 nitrogen and oxygen atoms in total. The molecule has 4 aromatic rings. The minimum atomic E-state index is 0.0849. The summed E-state index contributed by atoms with van der Waals surface area (Å²) in [5, 5.41) is 4.31. The van der Waals surface area contributed by atoms with Crippen LogP contribution in [0.5, 0.6) is 0 Å². The smallest absolute Gasteiger partial charge is 0.167 e. The van der Waals surface area contributed by atoms with Crippen LogP contribution in [0.4, 0.5) is 0 Å². The number of pyridine rings is 1. The Morgan fingerprint density at radius 3 is 2.74 bits per heavy atom. The van der Waals surface area contributed by atoms with Crippen LogP contribution in [0, 0.1) is 0 Å². The van der Waals surface area contributed by atoms with Crippen molar-refractivity contribution < 1.29 is 0 Å². The maximum Gasteiger partial charge on any atom is 0.167 e. The molecule has 34 heavy (non-hydrogen) atoms. The van der Waals surface area contributed by atoms with Crippen molar-refractivity contribution in [3.05, 3.63) is 84.5 Å². The summed E-state index contributed by atoms with van der Waals surface area (Å²) in [5.41, 5.74) is 18.0. The Bertz CT molecular complexity index is 1380. The highest BCUT2D eigenvalue weighted by atomic mass is 15.3. The second kappa shape index (κ2) is 9.84. The van der Waals surface area contributed by atoms with Crippen molar-refractivity contribution in [3.8, 4) is 11.5 Å². The molecule has 0 amide bonds. The lowest BCUT2D eigenvalue weighted by atomic mass is 10.1. The predicted molar refractivity (Wildman–Crippen MR) is 138 cm³/mol. The van der Waals surface area contributed by atoms with E-state index in [-0.39, 0.29) is 6.04 Å². The highest BCUT2D eigenvalue weighted by Gasteiger charge is 2.23. The van der Waals surface area contributed by atoms with Crippen molar-refractivity contribution in [2.24, 2.45) is 16.5 Å². The zero-order chi connectivity index (χ0) is 24.2. The Morgan fingerprint density at radius 1 is 1.21 bits per heavy atom. The Hall–Kier alpha value is -4.04. The van der Waals surface area contributed by atoms with Gasteiger partial charge in [0.05, 0.1) is 5.57 Å². The number of rotatable bonds is 5. The molecule has 5 rings (SSSR count). The highest BCUT2D eigenvalue weighted by molar-refractivity contribution is 6.21. The molecule has 1 aliphatic carbocycles. The van der Waals surface area contributed by atoms with E-state index in [0.29, 0.717) is 28.7 Å². The van der Waals surface area contributed by atoms with E-state index in [1.54, 1.807) is 24.0 Å². The number of imidazole rings is 1. The van der Waals surface area contributed by atoms with Gasteiger partial charge in [-0.1, -0.05) is 32.6 Å². The van der Waals surface area contributed by atoms with Gasteiger partial charge in [-0.05, 0) is 60.4 Å². The van der Waals surface area contributed by atoms with Crippen LogP contribution in [0.15, 0.2) is 72.5 Å². The first-order chi connectivity index (χ1) is 16.6. The van der Waals surface area contributed by atoms with Crippen LogP contribution in [0.1, 0.15) is 43.3 Å². The second-order valence-electron chi connectivity index (χ2n) is 7.69. The van der Waals surface area contributed by atoms with Gasteiger partial charge >= 0.3 is 0 Å². The molecule has 0 aliphatic heterocycles. The van der Waals surface area contributed by atoms with Gasteiger partial charge in [-0.3, -0.25) is 9.56 Å². The van der Waals surface area contributed by atoms with E-state index in [1.165, 1.54) is 11.1 Å². The number of hydrogen-bond acceptors (Lipinski definition) is 5. The number of amidine groups is 1. The van der Waals surface area contributed by atoms with Gasteiger partial charge in [-0.2, -0.15) is 5.10 Å². The molecule has 3 aromatic heterocycles. The minimum Gasteiger partial charge on any atom is -0.383 e. The van der Waals surface area contributed by atoms with Gasteiger partial charge in [0.25, 0.3) is 0 Å². The van der Waals surface area contributed by atoms with Crippen molar-refractivity contribution in [2.45, 2.75) is 32.7 Å². The summed E-state index contributed by atoms with van der Waals surface area (Å²) in [7, 11) is 1.66. The van der Waals surface area contributed by atoms with Gasteiger partial charge in [0.2, 0.25) is 0 Å². The number of nitrogens with two attached hydrogens (primary N) is 2. The van der Waals surface area contributed by atoms with Crippen molar-refractivity contribution in [3.63, 3.8) is 0 Å². The summed E-state index contributed by atoms with van der Waals surface area (Å²) in [5.74, 6) is 1.72. The standard InChI is InChI=1S/C24H24N8.C2H6/c1-3-5-18(22(26)27-2)23-29-20-10-11-21(31-13-4-12-28-31)30-24(20)32(23)16-7-8-17-15(14-16)6-9-19(17)25;1-2/h3-5,7-8,10-14,19H,1,6,9,25H2,2H3,(H2,26,27);1-2H3/b18-5+;. The fourth-order valence-electron chi connectivity index (χ4n) is 4.19. The van der Waals surface area contributed by atoms with E-state index in [2.05, 4.69) is 34.9 Å². The fourth-order valence-corrected chi connectivity index (χ4v) is 4.19. The SMILES string of the molecule is C=C/C=C(\C(N)=NC)c1nc2ccc(-n3cccn3)nc2n1-c1ccc2c(c1)CCC2N.CC. The Labute approximate surface area is 199 Å². The summed E-state index contributed by atoms with van der Waals surface area (Å²) in [6, 6.07) is 12.1. The van der Waals surface area contributed by atoms with E-state index in [1.807, 2.05) is 48.9 Å². The first-order valence-electron chi connectivity index (χ1n) is 11.4. The van der Waals surface area contributed by atoms with Crippen molar-refractivity contribution in [1.82, 2.24) is 24.3 Å². The molecule has 0 saturated carbocycles. The monoisotopic (exact) mass is 454 g/mol. The quantitative estimate of drug-likeness (QED) is 0.267. The molecule has 8 heteroatoms. The zero-order valence-corrected chi connectivity index (χ0v) is 19.8. The molecular formula is C26H30N8. The number of aliphatic imine (C=N–C) groups is 1. The molecule has 1 atom stereocenters. The molecule has 3 heterocycles. The predicted octanol–water partition coefficient (Wildman–Crippen LogP) is 4.13. The van der Waals surface area contributed by atoms with Crippen LogP contribution >= 0.6 is 0 Å². The Morgan fingerprint density at radius 2 is 2.03 bits per heavy atom. The van der Waals surface area contributed by atoms with E-state index >= 15 is 0 Å². The minimum absolute atomic E-state index is 0.0849. The number of benzene rings is 1. The van der Waals surface area contributed by atoms with Crippen molar-refractivity contribution >= 4 is 22.6 Å². The fraction of sp³-hybridized carbons (Fsp3) is 0.231. The number of aromatic nitrogens is 5. The normalized spacial score (nSPS) is 15.7. The van der Waals surface area contributed by atoms with Crippen LogP contribution in [0.2, 0.25) is 0 Å². The average Bonchev–Trinajstić information content (AvgIpc) is 3.62. The van der Waals surface area contributed by atoms with Crippen molar-refractivity contribution in [2.75, 3.05) is 7.05 Å². The van der Waals surface area contributed by atoms with Gasteiger partial charge in [0.15, 0.2) is 17.3 Å². The lowest BCUT2D eigenvalue weighted by Gasteiger charge is -2.13. The number of nitrogens with zero attached hydrogens (tertiary/aromatic N) is 6. The molecule has 0 saturated heterocycles. The highest BCUT2D eigenvalue weighted by Crippen LogP contribution is 2.33. The molecule has 0 bridgehead atoms. The second-order valence-corrected chi connectivity index (χ2v) is 7.69. The van der Waals surface area contributed by atoms with E-state index in [0.717, 1.165) is 24.0 Å². The summed E-state index contributed by atoms with van der Waals surface area (Å²) < 4.78 is 3.74. The van der Waals surface area contributed by atoms with Crippen LogP contribution in [0.3, 0.4) is 0 Å². The largest absolute Gasteiger partial charge is 0.383 e. The number of allylic oxidation sites excluding steroid dienone is 2. The molecule has 1 aromatic carbocycles. The topological polar surface area (TPSA) is 113 Å². The summed E-state index contributed by atoms with van der Waals surface area (Å²) in [4.78, 5) is 14.0. The Balaban J connectivity index is 0.00000133. The molecular weight excluding hydrogens is 424 g/mol. The molecule has 0 fully saturated rings. The third-order valence-electron chi connectivity index (χ3n) is 5.78. The summed E-state index contributed by atoms with van der Waals surface area (Å²) in [6.07, 6.45) is 8.99. The van der Waals surface area contributed by atoms with Gasteiger partial charge < -0.3 is 11.5 Å². The van der Waals surface area contributed by atoms with E-state index in [4.69, 9.17) is 21.4 Å². The van der Waals surface area contributed by atoms with Crippen LogP contribution < -0.4 is 11.5 Å². The molecule has 174 valence electrons. The molecule has 1 aliphatic rings. The molecule has 0 spiro atoms. The average molecular weight is 455 g/mol. The van der Waals surface area contributed by atoms with E-state index < -0.39 is 0 Å². The number of aryl methyl sites for hydroxylation is 1. The number of hydrogen-bond donors (Lipinski definition) is 2. The van der Waals surface area contributed by atoms with Crippen LogP contribution in [-0.4, -0.2) is 37.2 Å². The molecule has 4 N–H and O–H groups in total. The van der Waals surface area contributed by atoms with Crippen LogP contribution in [0.25, 0.3) is 28.2 Å². The first-order valence-corrected chi connectivity index (χ1v) is 11.4. The number of fused-ring (bicyclic) bond motifs is 2. The third kappa shape index (κ3) is 4.04. The maximum atomic E-state index is 6.26.